The Bertz CT molecular complexity index is 731. The lowest BCUT2D eigenvalue weighted by atomic mass is 9.88. The molecule has 1 heterocycles. The molecule has 1 aliphatic carbocycles. The molecule has 1 N–H and O–H groups in total. The van der Waals surface area contributed by atoms with Gasteiger partial charge in [0.1, 0.15) is 6.04 Å². The van der Waals surface area contributed by atoms with Crippen LogP contribution in [-0.2, 0) is 9.53 Å². The number of amides is 2. The molecular formula is C23H34N2O3S. The summed E-state index contributed by atoms with van der Waals surface area (Å²) < 4.78 is 5.52. The summed E-state index contributed by atoms with van der Waals surface area (Å²) in [6, 6.07) is 5.20. The lowest BCUT2D eigenvalue weighted by Crippen LogP contribution is -2.50. The second-order valence-electron chi connectivity index (χ2n) is 8.75. The van der Waals surface area contributed by atoms with Crippen LogP contribution in [-0.4, -0.2) is 40.7 Å². The van der Waals surface area contributed by atoms with Crippen molar-refractivity contribution in [3.05, 3.63) is 29.3 Å². The summed E-state index contributed by atoms with van der Waals surface area (Å²) in [7, 11) is 0. The fraction of sp³-hybridized carbons (Fsp3) is 0.652. The van der Waals surface area contributed by atoms with Crippen molar-refractivity contribution in [1.82, 2.24) is 4.90 Å². The van der Waals surface area contributed by atoms with Gasteiger partial charge >= 0.3 is 12.0 Å². The summed E-state index contributed by atoms with van der Waals surface area (Å²) in [6.45, 7) is 8.48. The van der Waals surface area contributed by atoms with Crippen LogP contribution in [0.2, 0.25) is 0 Å². The van der Waals surface area contributed by atoms with Crippen LogP contribution in [0, 0.1) is 25.7 Å². The van der Waals surface area contributed by atoms with Crippen LogP contribution in [0.1, 0.15) is 57.1 Å². The SMILES string of the molecule is Cc1cccc(NC(=O)N2C(C(=O)OCC(C)C)CSC2C2CCCCC2)c1C. The number of hydrogen-bond acceptors (Lipinski definition) is 4. The Labute approximate surface area is 178 Å². The molecule has 3 rings (SSSR count). The minimum Gasteiger partial charge on any atom is -0.464 e. The van der Waals surface area contributed by atoms with Gasteiger partial charge in [-0.25, -0.2) is 9.59 Å². The lowest BCUT2D eigenvalue weighted by molar-refractivity contribution is -0.149. The number of urea groups is 1. The number of thioether (sulfide) groups is 1. The third kappa shape index (κ3) is 5.27. The predicted octanol–water partition coefficient (Wildman–Crippen LogP) is 5.36. The molecule has 6 heteroatoms. The monoisotopic (exact) mass is 418 g/mol. The summed E-state index contributed by atoms with van der Waals surface area (Å²) in [4.78, 5) is 28.0. The van der Waals surface area contributed by atoms with E-state index in [0.29, 0.717) is 18.3 Å². The van der Waals surface area contributed by atoms with Crippen LogP contribution < -0.4 is 5.32 Å². The number of aryl methyl sites for hydroxylation is 1. The molecule has 29 heavy (non-hydrogen) atoms. The minimum atomic E-state index is -0.518. The fourth-order valence-corrected chi connectivity index (χ4v) is 5.78. The van der Waals surface area contributed by atoms with Crippen molar-refractivity contribution in [2.45, 2.75) is 71.2 Å². The number of carbonyl (C=O) groups is 2. The summed E-state index contributed by atoms with van der Waals surface area (Å²) in [5, 5.41) is 3.12. The van der Waals surface area contributed by atoms with Gasteiger partial charge in [0.15, 0.2) is 0 Å². The Balaban J connectivity index is 1.80. The Hall–Kier alpha value is -1.69. The van der Waals surface area contributed by atoms with Crippen molar-refractivity contribution in [3.63, 3.8) is 0 Å². The average molecular weight is 419 g/mol. The van der Waals surface area contributed by atoms with Gasteiger partial charge in [-0.1, -0.05) is 45.2 Å². The van der Waals surface area contributed by atoms with Crippen molar-refractivity contribution in [3.8, 4) is 0 Å². The molecule has 1 aliphatic heterocycles. The maximum Gasteiger partial charge on any atom is 0.329 e. The van der Waals surface area contributed by atoms with E-state index in [0.717, 1.165) is 29.7 Å². The molecule has 1 saturated carbocycles. The molecule has 0 aromatic heterocycles. The molecule has 2 unspecified atom stereocenters. The maximum atomic E-state index is 13.4. The molecule has 2 aliphatic rings. The molecule has 1 saturated heterocycles. The number of carbonyl (C=O) groups excluding carboxylic acids is 2. The van der Waals surface area contributed by atoms with Crippen LogP contribution in [0.5, 0.6) is 0 Å². The van der Waals surface area contributed by atoms with E-state index in [1.165, 1.54) is 19.3 Å². The van der Waals surface area contributed by atoms with E-state index in [4.69, 9.17) is 4.74 Å². The van der Waals surface area contributed by atoms with E-state index in [-0.39, 0.29) is 23.3 Å². The lowest BCUT2D eigenvalue weighted by Gasteiger charge is -2.35. The molecule has 2 atom stereocenters. The zero-order chi connectivity index (χ0) is 21.0. The highest BCUT2D eigenvalue weighted by Crippen LogP contribution is 2.41. The molecule has 2 amide bonds. The van der Waals surface area contributed by atoms with Gasteiger partial charge in [0.05, 0.1) is 12.0 Å². The Morgan fingerprint density at radius 2 is 1.93 bits per heavy atom. The number of benzene rings is 1. The highest BCUT2D eigenvalue weighted by Gasteiger charge is 2.45. The topological polar surface area (TPSA) is 58.6 Å². The van der Waals surface area contributed by atoms with Crippen LogP contribution >= 0.6 is 11.8 Å². The number of rotatable bonds is 5. The van der Waals surface area contributed by atoms with E-state index in [9.17, 15) is 9.59 Å². The number of hydrogen-bond donors (Lipinski definition) is 1. The fourth-order valence-electron chi connectivity index (χ4n) is 4.16. The average Bonchev–Trinajstić information content (AvgIpc) is 3.15. The molecule has 0 radical (unpaired) electrons. The first-order valence-electron chi connectivity index (χ1n) is 10.8. The molecule has 2 fully saturated rings. The summed E-state index contributed by atoms with van der Waals surface area (Å²) in [5.41, 5.74) is 3.00. The van der Waals surface area contributed by atoms with Crippen LogP contribution in [0.15, 0.2) is 18.2 Å². The van der Waals surface area contributed by atoms with Crippen LogP contribution in [0.3, 0.4) is 0 Å². The zero-order valence-electron chi connectivity index (χ0n) is 18.1. The summed E-state index contributed by atoms with van der Waals surface area (Å²) in [6.07, 6.45) is 5.92. The zero-order valence-corrected chi connectivity index (χ0v) is 18.9. The molecule has 1 aromatic rings. The maximum absolute atomic E-state index is 13.4. The summed E-state index contributed by atoms with van der Waals surface area (Å²) >= 11 is 1.74. The van der Waals surface area contributed by atoms with E-state index in [1.807, 2.05) is 45.9 Å². The molecule has 1 aromatic carbocycles. The van der Waals surface area contributed by atoms with Gasteiger partial charge in [0.25, 0.3) is 0 Å². The highest BCUT2D eigenvalue weighted by atomic mass is 32.2. The number of nitrogens with zero attached hydrogens (tertiary/aromatic N) is 1. The van der Waals surface area contributed by atoms with E-state index < -0.39 is 6.04 Å². The predicted molar refractivity (Wildman–Crippen MR) is 119 cm³/mol. The van der Waals surface area contributed by atoms with E-state index in [2.05, 4.69) is 5.32 Å². The Kier molecular flexibility index (Phi) is 7.49. The van der Waals surface area contributed by atoms with Crippen LogP contribution in [0.4, 0.5) is 10.5 Å². The van der Waals surface area contributed by atoms with Crippen molar-refractivity contribution in [1.29, 1.82) is 0 Å². The van der Waals surface area contributed by atoms with Crippen molar-refractivity contribution < 1.29 is 14.3 Å². The standard InChI is InChI=1S/C23H34N2O3S/c1-15(2)13-28-22(26)20-14-29-21(18-10-6-5-7-11-18)25(20)23(27)24-19-12-8-9-16(3)17(19)4/h8-9,12,15,18,20-21H,5-7,10-11,13-14H2,1-4H3,(H,24,27). The Morgan fingerprint density at radius 3 is 2.62 bits per heavy atom. The highest BCUT2D eigenvalue weighted by molar-refractivity contribution is 8.00. The summed E-state index contributed by atoms with van der Waals surface area (Å²) in [5.74, 6) is 1.05. The van der Waals surface area contributed by atoms with Crippen molar-refractivity contribution in [2.24, 2.45) is 11.8 Å². The molecular weight excluding hydrogens is 384 g/mol. The smallest absolute Gasteiger partial charge is 0.329 e. The number of esters is 1. The van der Waals surface area contributed by atoms with Gasteiger partial charge < -0.3 is 10.1 Å². The van der Waals surface area contributed by atoms with Crippen LogP contribution in [0.25, 0.3) is 0 Å². The van der Waals surface area contributed by atoms with Gasteiger partial charge in [0, 0.05) is 11.4 Å². The van der Waals surface area contributed by atoms with E-state index in [1.54, 1.807) is 16.7 Å². The van der Waals surface area contributed by atoms with Gasteiger partial charge in [-0.15, -0.1) is 11.8 Å². The molecule has 0 bridgehead atoms. The normalized spacial score (nSPS) is 22.7. The van der Waals surface area contributed by atoms with Gasteiger partial charge in [-0.2, -0.15) is 0 Å². The van der Waals surface area contributed by atoms with Gasteiger partial charge in [-0.05, 0) is 55.7 Å². The number of anilines is 1. The largest absolute Gasteiger partial charge is 0.464 e. The second-order valence-corrected chi connectivity index (χ2v) is 9.90. The number of nitrogens with one attached hydrogen (secondary N) is 1. The van der Waals surface area contributed by atoms with Crippen molar-refractivity contribution in [2.75, 3.05) is 17.7 Å². The van der Waals surface area contributed by atoms with Gasteiger partial charge in [0.2, 0.25) is 0 Å². The minimum absolute atomic E-state index is 0.0389. The number of ether oxygens (including phenoxy) is 1. The molecule has 0 spiro atoms. The van der Waals surface area contributed by atoms with Crippen molar-refractivity contribution >= 4 is 29.4 Å². The van der Waals surface area contributed by atoms with E-state index >= 15 is 0 Å². The Morgan fingerprint density at radius 1 is 1.21 bits per heavy atom. The molecule has 5 nitrogen and oxygen atoms in total. The first kappa shape index (κ1) is 22.0. The molecule has 160 valence electrons. The van der Waals surface area contributed by atoms with Gasteiger partial charge in [-0.3, -0.25) is 4.90 Å². The first-order chi connectivity index (χ1) is 13.9. The quantitative estimate of drug-likeness (QED) is 0.654. The first-order valence-corrected chi connectivity index (χ1v) is 11.9. The third-order valence-electron chi connectivity index (χ3n) is 6.00. The third-order valence-corrected chi connectivity index (χ3v) is 7.46. The second kappa shape index (κ2) is 9.88.